The summed E-state index contributed by atoms with van der Waals surface area (Å²) in [5.74, 6) is -1.18. The lowest BCUT2D eigenvalue weighted by Crippen LogP contribution is -2.03. The molecule has 5 heteroatoms. The van der Waals surface area contributed by atoms with E-state index in [0.29, 0.717) is 13.0 Å². The smallest absolute Gasteiger partial charge is 0.219 e. The van der Waals surface area contributed by atoms with E-state index in [2.05, 4.69) is 4.98 Å². The highest BCUT2D eigenvalue weighted by molar-refractivity contribution is 5.29. The molecule has 1 heterocycles. The second kappa shape index (κ2) is 5.55. The van der Waals surface area contributed by atoms with E-state index in [0.717, 1.165) is 23.8 Å². The standard InChI is InChI=1S/C13H12F2N2O/c14-10-2-3-11(15)12(7-10)18-13-4-1-9(5-6-16)8-17-13/h1-4,7-8H,5-6,16H2. The first-order valence-corrected chi connectivity index (χ1v) is 5.47. The molecule has 94 valence electrons. The highest BCUT2D eigenvalue weighted by Gasteiger charge is 2.07. The molecule has 0 spiro atoms. The van der Waals surface area contributed by atoms with Gasteiger partial charge in [0.05, 0.1) is 0 Å². The lowest BCUT2D eigenvalue weighted by molar-refractivity contribution is 0.422. The van der Waals surface area contributed by atoms with Crippen LogP contribution in [0.3, 0.4) is 0 Å². The van der Waals surface area contributed by atoms with Gasteiger partial charge in [0.2, 0.25) is 5.88 Å². The molecule has 2 rings (SSSR count). The maximum atomic E-state index is 13.3. The van der Waals surface area contributed by atoms with Gasteiger partial charge in [-0.3, -0.25) is 0 Å². The van der Waals surface area contributed by atoms with E-state index in [9.17, 15) is 8.78 Å². The summed E-state index contributed by atoms with van der Waals surface area (Å²) in [5, 5.41) is 0. The molecule has 2 aromatic rings. The Labute approximate surface area is 103 Å². The molecule has 2 N–H and O–H groups in total. The molecule has 1 aromatic heterocycles. The first-order valence-electron chi connectivity index (χ1n) is 5.47. The lowest BCUT2D eigenvalue weighted by atomic mass is 10.2. The zero-order valence-corrected chi connectivity index (χ0v) is 9.57. The summed E-state index contributed by atoms with van der Waals surface area (Å²) in [6, 6.07) is 6.39. The molecule has 1 aromatic carbocycles. The summed E-state index contributed by atoms with van der Waals surface area (Å²) in [5.41, 5.74) is 6.37. The van der Waals surface area contributed by atoms with E-state index in [4.69, 9.17) is 10.5 Å². The number of ether oxygens (including phenoxy) is 1. The van der Waals surface area contributed by atoms with Gasteiger partial charge in [0.15, 0.2) is 11.6 Å². The van der Waals surface area contributed by atoms with Crippen LogP contribution in [-0.4, -0.2) is 11.5 Å². The Kier molecular flexibility index (Phi) is 3.84. The third-order valence-electron chi connectivity index (χ3n) is 2.34. The predicted molar refractivity (Wildman–Crippen MR) is 63.4 cm³/mol. The summed E-state index contributed by atoms with van der Waals surface area (Å²) >= 11 is 0. The molecule has 0 atom stereocenters. The molecule has 0 aliphatic heterocycles. The highest BCUT2D eigenvalue weighted by Crippen LogP contribution is 2.23. The van der Waals surface area contributed by atoms with Crippen molar-refractivity contribution in [2.45, 2.75) is 6.42 Å². The van der Waals surface area contributed by atoms with Crippen molar-refractivity contribution < 1.29 is 13.5 Å². The molecule has 0 saturated carbocycles. The van der Waals surface area contributed by atoms with Crippen LogP contribution in [0, 0.1) is 11.6 Å². The summed E-state index contributed by atoms with van der Waals surface area (Å²) in [4.78, 5) is 4.00. The molecule has 0 aliphatic rings. The van der Waals surface area contributed by atoms with E-state index in [1.165, 1.54) is 0 Å². The van der Waals surface area contributed by atoms with Crippen LogP contribution in [-0.2, 0) is 6.42 Å². The van der Waals surface area contributed by atoms with Crippen molar-refractivity contribution in [3.63, 3.8) is 0 Å². The predicted octanol–water partition coefficient (Wildman–Crippen LogP) is 2.65. The number of rotatable bonds is 4. The van der Waals surface area contributed by atoms with Crippen LogP contribution >= 0.6 is 0 Å². The van der Waals surface area contributed by atoms with Crippen LogP contribution in [0.2, 0.25) is 0 Å². The fourth-order valence-corrected chi connectivity index (χ4v) is 1.45. The zero-order chi connectivity index (χ0) is 13.0. The maximum absolute atomic E-state index is 13.3. The number of nitrogens with zero attached hydrogens (tertiary/aromatic N) is 1. The van der Waals surface area contributed by atoms with Gasteiger partial charge in [-0.2, -0.15) is 0 Å². The van der Waals surface area contributed by atoms with Crippen LogP contribution in [0.15, 0.2) is 36.5 Å². The van der Waals surface area contributed by atoms with Gasteiger partial charge in [0.25, 0.3) is 0 Å². The fraction of sp³-hybridized carbons (Fsp3) is 0.154. The number of hydrogen-bond acceptors (Lipinski definition) is 3. The van der Waals surface area contributed by atoms with Crippen LogP contribution < -0.4 is 10.5 Å². The molecular weight excluding hydrogens is 238 g/mol. The normalized spacial score (nSPS) is 10.4. The van der Waals surface area contributed by atoms with Gasteiger partial charge in [-0.05, 0) is 30.7 Å². The fourth-order valence-electron chi connectivity index (χ4n) is 1.45. The van der Waals surface area contributed by atoms with E-state index in [1.807, 2.05) is 0 Å². The molecule has 0 unspecified atom stereocenters. The van der Waals surface area contributed by atoms with Crippen molar-refractivity contribution in [3.8, 4) is 11.6 Å². The Balaban J connectivity index is 2.15. The second-order valence-electron chi connectivity index (χ2n) is 3.72. The summed E-state index contributed by atoms with van der Waals surface area (Å²) < 4.78 is 31.4. The molecular formula is C13H12F2N2O. The van der Waals surface area contributed by atoms with Gasteiger partial charge in [0.1, 0.15) is 5.82 Å². The van der Waals surface area contributed by atoms with Gasteiger partial charge < -0.3 is 10.5 Å². The van der Waals surface area contributed by atoms with Crippen LogP contribution in [0.4, 0.5) is 8.78 Å². The van der Waals surface area contributed by atoms with Crippen molar-refractivity contribution in [2.75, 3.05) is 6.54 Å². The topological polar surface area (TPSA) is 48.1 Å². The van der Waals surface area contributed by atoms with Crippen LogP contribution in [0.5, 0.6) is 11.6 Å². The van der Waals surface area contributed by atoms with E-state index < -0.39 is 11.6 Å². The number of pyridine rings is 1. The molecule has 3 nitrogen and oxygen atoms in total. The van der Waals surface area contributed by atoms with Gasteiger partial charge >= 0.3 is 0 Å². The van der Waals surface area contributed by atoms with Crippen LogP contribution in [0.1, 0.15) is 5.56 Å². The number of aromatic nitrogens is 1. The Morgan fingerprint density at radius 2 is 2.00 bits per heavy atom. The third kappa shape index (κ3) is 3.01. The van der Waals surface area contributed by atoms with Crippen molar-refractivity contribution in [1.29, 1.82) is 0 Å². The number of benzene rings is 1. The monoisotopic (exact) mass is 250 g/mol. The number of halogens is 2. The van der Waals surface area contributed by atoms with Gasteiger partial charge in [-0.25, -0.2) is 13.8 Å². The molecule has 0 radical (unpaired) electrons. The van der Waals surface area contributed by atoms with Crippen molar-refractivity contribution in [2.24, 2.45) is 5.73 Å². The lowest BCUT2D eigenvalue weighted by Gasteiger charge is -2.06. The van der Waals surface area contributed by atoms with Gasteiger partial charge in [-0.15, -0.1) is 0 Å². The Bertz CT molecular complexity index is 529. The Hall–Kier alpha value is -2.01. The highest BCUT2D eigenvalue weighted by atomic mass is 19.1. The number of hydrogen-bond donors (Lipinski definition) is 1. The maximum Gasteiger partial charge on any atom is 0.219 e. The second-order valence-corrected chi connectivity index (χ2v) is 3.72. The van der Waals surface area contributed by atoms with Crippen LogP contribution in [0.25, 0.3) is 0 Å². The SMILES string of the molecule is NCCc1ccc(Oc2cc(F)ccc2F)nc1. The first kappa shape index (κ1) is 12.4. The summed E-state index contributed by atoms with van der Waals surface area (Å²) in [7, 11) is 0. The average molecular weight is 250 g/mol. The first-order chi connectivity index (χ1) is 8.69. The van der Waals surface area contributed by atoms with Gasteiger partial charge in [-0.1, -0.05) is 6.07 Å². The minimum Gasteiger partial charge on any atom is -0.436 e. The quantitative estimate of drug-likeness (QED) is 0.907. The van der Waals surface area contributed by atoms with E-state index in [1.54, 1.807) is 18.3 Å². The van der Waals surface area contributed by atoms with Crippen molar-refractivity contribution in [3.05, 3.63) is 53.7 Å². The summed E-state index contributed by atoms with van der Waals surface area (Å²) in [6.07, 6.45) is 2.31. The molecule has 0 fully saturated rings. The summed E-state index contributed by atoms with van der Waals surface area (Å²) in [6.45, 7) is 0.528. The number of nitrogens with two attached hydrogens (primary N) is 1. The molecule has 0 amide bonds. The molecule has 0 aliphatic carbocycles. The molecule has 0 bridgehead atoms. The van der Waals surface area contributed by atoms with Crippen molar-refractivity contribution in [1.82, 2.24) is 4.98 Å². The van der Waals surface area contributed by atoms with Crippen molar-refractivity contribution >= 4 is 0 Å². The minimum atomic E-state index is -0.635. The largest absolute Gasteiger partial charge is 0.436 e. The Morgan fingerprint density at radius 1 is 1.17 bits per heavy atom. The Morgan fingerprint density at radius 3 is 2.67 bits per heavy atom. The molecule has 18 heavy (non-hydrogen) atoms. The third-order valence-corrected chi connectivity index (χ3v) is 2.34. The average Bonchev–Trinajstić information content (AvgIpc) is 2.37. The minimum absolute atomic E-state index is 0.186. The van der Waals surface area contributed by atoms with E-state index in [-0.39, 0.29) is 11.6 Å². The van der Waals surface area contributed by atoms with Gasteiger partial charge in [0, 0.05) is 18.3 Å². The molecule has 0 saturated heterocycles. The van der Waals surface area contributed by atoms with E-state index >= 15 is 0 Å². The zero-order valence-electron chi connectivity index (χ0n) is 9.57.